The van der Waals surface area contributed by atoms with Crippen LogP contribution in [-0.2, 0) is 16.6 Å². The molecule has 0 aliphatic carbocycles. The van der Waals surface area contributed by atoms with Gasteiger partial charge in [-0.2, -0.15) is 0 Å². The van der Waals surface area contributed by atoms with Crippen LogP contribution in [0.3, 0.4) is 0 Å². The van der Waals surface area contributed by atoms with E-state index < -0.39 is 21.9 Å². The molecule has 1 aromatic heterocycles. The van der Waals surface area contributed by atoms with Crippen molar-refractivity contribution in [3.63, 3.8) is 0 Å². The van der Waals surface area contributed by atoms with Gasteiger partial charge in [-0.05, 0) is 36.8 Å². The van der Waals surface area contributed by atoms with E-state index >= 15 is 0 Å². The number of rotatable bonds is 5. The van der Waals surface area contributed by atoms with E-state index in [2.05, 4.69) is 4.72 Å². The maximum atomic E-state index is 13.3. The maximum absolute atomic E-state index is 13.3. The van der Waals surface area contributed by atoms with Crippen molar-refractivity contribution in [1.82, 2.24) is 4.72 Å². The van der Waals surface area contributed by atoms with Gasteiger partial charge in [0.05, 0.1) is 15.3 Å². The Morgan fingerprint density at radius 1 is 1.38 bits per heavy atom. The Morgan fingerprint density at radius 3 is 2.67 bits per heavy atom. The Kier molecular flexibility index (Phi) is 5.00. The van der Waals surface area contributed by atoms with Gasteiger partial charge < -0.3 is 5.73 Å². The van der Waals surface area contributed by atoms with Gasteiger partial charge in [0.1, 0.15) is 5.82 Å². The zero-order valence-electron chi connectivity index (χ0n) is 11.1. The Balaban J connectivity index is 2.32. The Morgan fingerprint density at radius 2 is 2.10 bits per heavy atom. The van der Waals surface area contributed by atoms with Gasteiger partial charge in [-0.25, -0.2) is 17.5 Å². The summed E-state index contributed by atoms with van der Waals surface area (Å²) in [6.07, 6.45) is 0. The first kappa shape index (κ1) is 16.4. The summed E-state index contributed by atoms with van der Waals surface area (Å²) in [6, 6.07) is 6.50. The van der Waals surface area contributed by atoms with E-state index in [1.54, 1.807) is 19.1 Å². The molecule has 2 rings (SSSR count). The van der Waals surface area contributed by atoms with E-state index in [0.717, 1.165) is 10.9 Å². The van der Waals surface area contributed by atoms with Crippen molar-refractivity contribution in [2.75, 3.05) is 0 Å². The molecule has 0 saturated heterocycles. The highest BCUT2D eigenvalue weighted by Gasteiger charge is 2.22. The third-order valence-corrected chi connectivity index (χ3v) is 5.93. The Labute approximate surface area is 131 Å². The Bertz CT molecular complexity index is 746. The average molecular weight is 349 g/mol. The largest absolute Gasteiger partial charge is 0.326 e. The van der Waals surface area contributed by atoms with Gasteiger partial charge in [-0.15, -0.1) is 11.3 Å². The van der Waals surface area contributed by atoms with Crippen LogP contribution in [0.15, 0.2) is 35.2 Å². The molecule has 2 aromatic rings. The summed E-state index contributed by atoms with van der Waals surface area (Å²) in [4.78, 5) is 0.633. The van der Waals surface area contributed by atoms with Crippen LogP contribution in [0.5, 0.6) is 0 Å². The topological polar surface area (TPSA) is 72.2 Å². The van der Waals surface area contributed by atoms with E-state index in [1.165, 1.54) is 23.5 Å². The minimum Gasteiger partial charge on any atom is -0.326 e. The molecule has 0 bridgehead atoms. The van der Waals surface area contributed by atoms with E-state index in [0.29, 0.717) is 9.90 Å². The third kappa shape index (κ3) is 3.81. The van der Waals surface area contributed by atoms with Crippen LogP contribution in [-0.4, -0.2) is 8.42 Å². The first-order valence-electron chi connectivity index (χ1n) is 6.09. The van der Waals surface area contributed by atoms with Gasteiger partial charge in [-0.1, -0.05) is 17.7 Å². The molecule has 0 aliphatic rings. The second-order valence-corrected chi connectivity index (χ2v) is 7.87. The number of hydrogen-bond acceptors (Lipinski definition) is 4. The number of nitrogens with two attached hydrogens (primary N) is 1. The van der Waals surface area contributed by atoms with Crippen molar-refractivity contribution in [1.29, 1.82) is 0 Å². The lowest BCUT2D eigenvalue weighted by Crippen LogP contribution is -2.27. The zero-order chi connectivity index (χ0) is 15.6. The minimum atomic E-state index is -3.87. The molecule has 0 saturated carbocycles. The Hall–Kier alpha value is -0.990. The maximum Gasteiger partial charge on any atom is 0.241 e. The van der Waals surface area contributed by atoms with Crippen molar-refractivity contribution >= 4 is 33.0 Å². The molecule has 1 heterocycles. The molecule has 1 aromatic carbocycles. The van der Waals surface area contributed by atoms with Gasteiger partial charge >= 0.3 is 0 Å². The smallest absolute Gasteiger partial charge is 0.241 e. The van der Waals surface area contributed by atoms with E-state index in [9.17, 15) is 12.8 Å². The molecule has 8 heteroatoms. The molecule has 3 N–H and O–H groups in total. The summed E-state index contributed by atoms with van der Waals surface area (Å²) in [5.74, 6) is -0.626. The number of nitrogens with one attached hydrogen (secondary N) is 1. The van der Waals surface area contributed by atoms with E-state index in [-0.39, 0.29) is 11.4 Å². The summed E-state index contributed by atoms with van der Waals surface area (Å²) in [7, 11) is -3.87. The van der Waals surface area contributed by atoms with Gasteiger partial charge in [0.25, 0.3) is 0 Å². The number of thiophene rings is 1. The second kappa shape index (κ2) is 6.41. The van der Waals surface area contributed by atoms with E-state index in [1.807, 2.05) is 0 Å². The van der Waals surface area contributed by atoms with Gasteiger partial charge in [-0.3, -0.25) is 0 Å². The summed E-state index contributed by atoms with van der Waals surface area (Å²) in [6.45, 7) is 1.71. The minimum absolute atomic E-state index is 0.00966. The summed E-state index contributed by atoms with van der Waals surface area (Å²) in [5.41, 5.74) is 5.87. The fourth-order valence-corrected chi connectivity index (χ4v) is 4.48. The predicted molar refractivity (Wildman–Crippen MR) is 82.4 cm³/mol. The summed E-state index contributed by atoms with van der Waals surface area (Å²) < 4.78 is 41.2. The molecular weight excluding hydrogens is 335 g/mol. The van der Waals surface area contributed by atoms with Crippen LogP contribution in [0.25, 0.3) is 0 Å². The summed E-state index contributed by atoms with van der Waals surface area (Å²) >= 11 is 7.12. The monoisotopic (exact) mass is 348 g/mol. The van der Waals surface area contributed by atoms with Gasteiger partial charge in [0.2, 0.25) is 10.0 Å². The van der Waals surface area contributed by atoms with Crippen LogP contribution < -0.4 is 10.5 Å². The molecule has 0 radical (unpaired) electrons. The zero-order valence-corrected chi connectivity index (χ0v) is 13.5. The lowest BCUT2D eigenvalue weighted by molar-refractivity contribution is 0.564. The molecule has 0 amide bonds. The van der Waals surface area contributed by atoms with Crippen molar-refractivity contribution in [2.24, 2.45) is 5.73 Å². The van der Waals surface area contributed by atoms with Crippen LogP contribution in [0.2, 0.25) is 4.34 Å². The molecule has 21 heavy (non-hydrogen) atoms. The van der Waals surface area contributed by atoms with Gasteiger partial charge in [0, 0.05) is 11.4 Å². The number of sulfonamides is 1. The van der Waals surface area contributed by atoms with E-state index in [4.69, 9.17) is 17.3 Å². The normalized spacial score (nSPS) is 13.3. The molecule has 0 spiro atoms. The molecule has 1 unspecified atom stereocenters. The van der Waals surface area contributed by atoms with Crippen molar-refractivity contribution in [3.8, 4) is 0 Å². The van der Waals surface area contributed by atoms with Crippen molar-refractivity contribution < 1.29 is 12.8 Å². The van der Waals surface area contributed by atoms with Crippen LogP contribution in [0.1, 0.15) is 23.4 Å². The highest BCUT2D eigenvalue weighted by atomic mass is 35.5. The van der Waals surface area contributed by atoms with Crippen LogP contribution >= 0.6 is 22.9 Å². The van der Waals surface area contributed by atoms with Crippen molar-refractivity contribution in [3.05, 3.63) is 50.9 Å². The average Bonchev–Trinajstić information content (AvgIpc) is 2.85. The first-order chi connectivity index (χ1) is 9.83. The fourth-order valence-electron chi connectivity index (χ4n) is 1.86. The third-order valence-electron chi connectivity index (χ3n) is 2.89. The standard InChI is InChI=1S/C13H14ClFN2O2S2/c1-8(11-4-5-13(14)20-11)17-21(18,19)12-6-10(15)3-2-9(12)7-16/h2-6,8,17H,7,16H2,1H3. The highest BCUT2D eigenvalue weighted by molar-refractivity contribution is 7.89. The SMILES string of the molecule is CC(NS(=O)(=O)c1cc(F)ccc1CN)c1ccc(Cl)s1. The molecule has 1 atom stereocenters. The fraction of sp³-hybridized carbons (Fsp3) is 0.231. The number of benzene rings is 1. The molecule has 114 valence electrons. The van der Waals surface area contributed by atoms with Crippen molar-refractivity contribution in [2.45, 2.75) is 24.4 Å². The van der Waals surface area contributed by atoms with Crippen LogP contribution in [0.4, 0.5) is 4.39 Å². The lowest BCUT2D eigenvalue weighted by Gasteiger charge is -2.15. The van der Waals surface area contributed by atoms with Gasteiger partial charge in [0.15, 0.2) is 0 Å². The lowest BCUT2D eigenvalue weighted by atomic mass is 10.2. The molecule has 4 nitrogen and oxygen atoms in total. The second-order valence-electron chi connectivity index (χ2n) is 4.44. The quantitative estimate of drug-likeness (QED) is 0.872. The predicted octanol–water partition coefficient (Wildman–Crippen LogP) is 3.04. The molecular formula is C13H14ClFN2O2S2. The molecule has 0 fully saturated rings. The number of halogens is 2. The van der Waals surface area contributed by atoms with Crippen LogP contribution in [0, 0.1) is 5.82 Å². The number of hydrogen-bond donors (Lipinski definition) is 2. The molecule has 0 aliphatic heterocycles. The first-order valence-corrected chi connectivity index (χ1v) is 8.77. The highest BCUT2D eigenvalue weighted by Crippen LogP contribution is 2.28. The summed E-state index contributed by atoms with van der Waals surface area (Å²) in [5, 5.41) is 0.